The van der Waals surface area contributed by atoms with Crippen molar-refractivity contribution in [1.82, 2.24) is 10.6 Å². The van der Waals surface area contributed by atoms with Gasteiger partial charge in [-0.2, -0.15) is 11.8 Å². The Morgan fingerprint density at radius 2 is 2.29 bits per heavy atom. The minimum absolute atomic E-state index is 0.206. The van der Waals surface area contributed by atoms with Crippen molar-refractivity contribution in [2.75, 3.05) is 25.1 Å². The maximum atomic E-state index is 11.4. The zero-order chi connectivity index (χ0) is 10.0. The van der Waals surface area contributed by atoms with Gasteiger partial charge in [-0.05, 0) is 44.0 Å². The third-order valence-corrected chi connectivity index (χ3v) is 3.95. The van der Waals surface area contributed by atoms with E-state index in [9.17, 15) is 4.79 Å². The minimum Gasteiger partial charge on any atom is -0.352 e. The fourth-order valence-corrected chi connectivity index (χ4v) is 2.74. The van der Waals surface area contributed by atoms with E-state index in [0.29, 0.717) is 17.2 Å². The van der Waals surface area contributed by atoms with Crippen LogP contribution in [0.25, 0.3) is 0 Å². The summed E-state index contributed by atoms with van der Waals surface area (Å²) in [5.41, 5.74) is 0.472. The molecule has 80 valence electrons. The van der Waals surface area contributed by atoms with Crippen molar-refractivity contribution in [2.45, 2.75) is 25.3 Å². The molecule has 0 aromatic heterocycles. The molecule has 0 radical (unpaired) electrons. The van der Waals surface area contributed by atoms with Gasteiger partial charge in [0, 0.05) is 6.04 Å². The fraction of sp³-hybridized carbons (Fsp3) is 0.900. The van der Waals surface area contributed by atoms with E-state index in [1.807, 2.05) is 6.26 Å². The van der Waals surface area contributed by atoms with E-state index >= 15 is 0 Å². The van der Waals surface area contributed by atoms with Gasteiger partial charge in [0.25, 0.3) is 0 Å². The average molecular weight is 214 g/mol. The number of thioether (sulfide) groups is 1. The first-order valence-electron chi connectivity index (χ1n) is 5.26. The Hall–Kier alpha value is -0.220. The zero-order valence-corrected chi connectivity index (χ0v) is 9.45. The van der Waals surface area contributed by atoms with E-state index in [1.54, 1.807) is 11.8 Å². The van der Waals surface area contributed by atoms with E-state index in [2.05, 4.69) is 10.6 Å². The molecule has 1 unspecified atom stereocenters. The Kier molecular flexibility index (Phi) is 3.02. The Labute approximate surface area is 89.4 Å². The van der Waals surface area contributed by atoms with E-state index in [0.717, 1.165) is 13.1 Å². The maximum absolute atomic E-state index is 11.4. The maximum Gasteiger partial charge on any atom is 0.230 e. The molecule has 1 saturated carbocycles. The largest absolute Gasteiger partial charge is 0.352 e. The number of carbonyl (C=O) groups excluding carboxylic acids is 1. The molecule has 2 aliphatic rings. The van der Waals surface area contributed by atoms with Gasteiger partial charge in [-0.3, -0.25) is 4.79 Å². The van der Waals surface area contributed by atoms with Gasteiger partial charge >= 0.3 is 0 Å². The Morgan fingerprint density at radius 1 is 1.57 bits per heavy atom. The first kappa shape index (κ1) is 10.3. The van der Waals surface area contributed by atoms with Crippen LogP contribution in [0.1, 0.15) is 19.3 Å². The highest BCUT2D eigenvalue weighted by atomic mass is 32.2. The second-order valence-corrected chi connectivity index (χ2v) is 5.24. The van der Waals surface area contributed by atoms with Crippen LogP contribution in [0.3, 0.4) is 0 Å². The molecule has 1 saturated heterocycles. The summed E-state index contributed by atoms with van der Waals surface area (Å²) in [4.78, 5) is 11.4. The average Bonchev–Trinajstić information content (AvgIpc) is 2.79. The smallest absolute Gasteiger partial charge is 0.230 e. The van der Waals surface area contributed by atoms with Gasteiger partial charge in [-0.1, -0.05) is 0 Å². The van der Waals surface area contributed by atoms with Gasteiger partial charge in [-0.25, -0.2) is 0 Å². The summed E-state index contributed by atoms with van der Waals surface area (Å²) >= 11 is 1.59. The molecule has 3 nitrogen and oxygen atoms in total. The summed E-state index contributed by atoms with van der Waals surface area (Å²) in [5, 5.41) is 6.49. The third-order valence-electron chi connectivity index (χ3n) is 3.40. The van der Waals surface area contributed by atoms with Crippen LogP contribution < -0.4 is 10.6 Å². The molecule has 4 heteroatoms. The number of piperidine rings is 1. The lowest BCUT2D eigenvalue weighted by Gasteiger charge is -2.23. The van der Waals surface area contributed by atoms with Crippen LogP contribution in [0, 0.1) is 5.41 Å². The van der Waals surface area contributed by atoms with Gasteiger partial charge in [-0.15, -0.1) is 0 Å². The monoisotopic (exact) mass is 214 g/mol. The number of rotatable bonds is 3. The molecule has 1 atom stereocenters. The van der Waals surface area contributed by atoms with Crippen LogP contribution in [-0.4, -0.2) is 37.0 Å². The topological polar surface area (TPSA) is 41.1 Å². The Bertz CT molecular complexity index is 226. The van der Waals surface area contributed by atoms with Crippen molar-refractivity contribution < 1.29 is 4.79 Å². The molecule has 2 rings (SSSR count). The molecule has 1 amide bonds. The van der Waals surface area contributed by atoms with Crippen molar-refractivity contribution >= 4 is 17.7 Å². The van der Waals surface area contributed by atoms with Crippen LogP contribution in [0.15, 0.2) is 0 Å². The molecule has 1 heterocycles. The van der Waals surface area contributed by atoms with E-state index in [4.69, 9.17) is 0 Å². The van der Waals surface area contributed by atoms with Gasteiger partial charge in [0.2, 0.25) is 5.91 Å². The molecular formula is C10H18N2OS. The van der Waals surface area contributed by atoms with Crippen molar-refractivity contribution in [2.24, 2.45) is 5.41 Å². The Morgan fingerprint density at radius 3 is 2.93 bits per heavy atom. The number of hydrogen-bond donors (Lipinski definition) is 2. The van der Waals surface area contributed by atoms with Gasteiger partial charge in [0.15, 0.2) is 0 Å². The quantitative estimate of drug-likeness (QED) is 0.723. The van der Waals surface area contributed by atoms with Gasteiger partial charge < -0.3 is 10.6 Å². The molecule has 2 N–H and O–H groups in total. The molecule has 1 aliphatic carbocycles. The summed E-state index contributed by atoms with van der Waals surface area (Å²) < 4.78 is 0. The highest BCUT2D eigenvalue weighted by molar-refractivity contribution is 7.99. The Balaban J connectivity index is 1.77. The molecule has 1 spiro atoms. The predicted molar refractivity (Wildman–Crippen MR) is 59.5 cm³/mol. The molecule has 14 heavy (non-hydrogen) atoms. The number of hydrogen-bond acceptors (Lipinski definition) is 3. The lowest BCUT2D eigenvalue weighted by molar-refractivity contribution is -0.118. The SMILES string of the molecule is CSCC(=O)NC1CC12CCNCC2. The molecular weight excluding hydrogens is 196 g/mol. The lowest BCUT2D eigenvalue weighted by Crippen LogP contribution is -2.36. The van der Waals surface area contributed by atoms with Gasteiger partial charge in [0.1, 0.15) is 0 Å². The zero-order valence-electron chi connectivity index (χ0n) is 8.64. The van der Waals surface area contributed by atoms with Crippen LogP contribution in [0.5, 0.6) is 0 Å². The molecule has 0 aromatic rings. The van der Waals surface area contributed by atoms with Crippen molar-refractivity contribution in [3.8, 4) is 0 Å². The summed E-state index contributed by atoms with van der Waals surface area (Å²) in [6.07, 6.45) is 5.63. The summed E-state index contributed by atoms with van der Waals surface area (Å²) in [7, 11) is 0. The van der Waals surface area contributed by atoms with Crippen LogP contribution in [0.2, 0.25) is 0 Å². The first-order chi connectivity index (χ1) is 6.77. The normalized spacial score (nSPS) is 28.8. The second-order valence-electron chi connectivity index (χ2n) is 4.37. The molecule has 0 aromatic carbocycles. The number of amides is 1. The highest BCUT2D eigenvalue weighted by Crippen LogP contribution is 2.52. The van der Waals surface area contributed by atoms with E-state index in [-0.39, 0.29) is 5.91 Å². The second kappa shape index (κ2) is 4.11. The third kappa shape index (κ3) is 2.06. The van der Waals surface area contributed by atoms with E-state index in [1.165, 1.54) is 19.3 Å². The van der Waals surface area contributed by atoms with E-state index < -0.39 is 0 Å². The molecule has 2 fully saturated rings. The summed E-state index contributed by atoms with van der Waals surface area (Å²) in [5.74, 6) is 0.808. The van der Waals surface area contributed by atoms with Crippen molar-refractivity contribution in [1.29, 1.82) is 0 Å². The summed E-state index contributed by atoms with van der Waals surface area (Å²) in [6, 6.07) is 0.476. The molecule has 1 aliphatic heterocycles. The minimum atomic E-state index is 0.206. The van der Waals surface area contributed by atoms with Crippen molar-refractivity contribution in [3.63, 3.8) is 0 Å². The van der Waals surface area contributed by atoms with Crippen LogP contribution in [0.4, 0.5) is 0 Å². The first-order valence-corrected chi connectivity index (χ1v) is 6.65. The standard InChI is InChI=1S/C10H18N2OS/c1-14-7-9(13)12-8-6-10(8)2-4-11-5-3-10/h8,11H,2-7H2,1H3,(H,12,13). The van der Waals surface area contributed by atoms with Crippen LogP contribution >= 0.6 is 11.8 Å². The summed E-state index contributed by atoms with van der Waals surface area (Å²) in [6.45, 7) is 2.24. The van der Waals surface area contributed by atoms with Crippen molar-refractivity contribution in [3.05, 3.63) is 0 Å². The lowest BCUT2D eigenvalue weighted by atomic mass is 9.94. The van der Waals surface area contributed by atoms with Gasteiger partial charge in [0.05, 0.1) is 5.75 Å². The molecule has 0 bridgehead atoms. The highest BCUT2D eigenvalue weighted by Gasteiger charge is 2.54. The fourth-order valence-electron chi connectivity index (χ4n) is 2.40. The predicted octanol–water partition coefficient (Wildman–Crippen LogP) is 0.608. The number of carbonyl (C=O) groups is 1. The number of nitrogens with one attached hydrogen (secondary N) is 2. The van der Waals surface area contributed by atoms with Crippen LogP contribution in [-0.2, 0) is 4.79 Å².